The summed E-state index contributed by atoms with van der Waals surface area (Å²) in [6.45, 7) is 2.74. The van der Waals surface area contributed by atoms with Crippen LogP contribution in [-0.4, -0.2) is 29.8 Å². The lowest BCUT2D eigenvalue weighted by atomic mass is 9.93. The molecule has 2 amide bonds. The van der Waals surface area contributed by atoms with Crippen molar-refractivity contribution >= 4 is 22.6 Å². The van der Waals surface area contributed by atoms with Gasteiger partial charge in [-0.3, -0.25) is 14.5 Å². The Hall–Kier alpha value is -2.20. The Kier molecular flexibility index (Phi) is 3.03. The molecule has 1 atom stereocenters. The van der Waals surface area contributed by atoms with Gasteiger partial charge in [-0.25, -0.2) is 0 Å². The Morgan fingerprint density at radius 1 is 1.05 bits per heavy atom. The van der Waals surface area contributed by atoms with E-state index in [1.165, 1.54) is 4.90 Å². The number of carbonyl (C=O) groups excluding carboxylic acids is 2. The fraction of sp³-hybridized carbons (Fsp3) is 0.250. The normalized spacial score (nSPS) is 15.8. The van der Waals surface area contributed by atoms with E-state index in [2.05, 4.69) is 0 Å². The highest BCUT2D eigenvalue weighted by atomic mass is 16.2. The summed E-state index contributed by atoms with van der Waals surface area (Å²) in [7, 11) is 0. The van der Waals surface area contributed by atoms with Crippen LogP contribution in [0.1, 0.15) is 27.6 Å². The van der Waals surface area contributed by atoms with Crippen molar-refractivity contribution in [1.29, 1.82) is 0 Å². The van der Waals surface area contributed by atoms with Crippen molar-refractivity contribution in [2.45, 2.75) is 6.92 Å². The van der Waals surface area contributed by atoms with E-state index in [-0.39, 0.29) is 17.7 Å². The number of imide groups is 1. The van der Waals surface area contributed by atoms with Crippen LogP contribution < -0.4 is 5.73 Å². The molecule has 0 aromatic heterocycles. The SMILES string of the molecule is CC(CN)CN1C(=O)c2cccc3cccc(c23)C1=O. The van der Waals surface area contributed by atoms with Crippen LogP contribution in [0.2, 0.25) is 0 Å². The Balaban J connectivity index is 2.16. The van der Waals surface area contributed by atoms with Gasteiger partial charge in [-0.1, -0.05) is 31.2 Å². The van der Waals surface area contributed by atoms with E-state index in [1.807, 2.05) is 31.2 Å². The van der Waals surface area contributed by atoms with Crippen LogP contribution in [0.4, 0.5) is 0 Å². The van der Waals surface area contributed by atoms with Crippen LogP contribution in [0.5, 0.6) is 0 Å². The summed E-state index contributed by atoms with van der Waals surface area (Å²) in [5.41, 5.74) is 6.80. The highest BCUT2D eigenvalue weighted by Gasteiger charge is 2.32. The molecular weight excluding hydrogens is 252 g/mol. The molecule has 3 rings (SSSR count). The topological polar surface area (TPSA) is 63.4 Å². The zero-order valence-corrected chi connectivity index (χ0v) is 11.3. The lowest BCUT2D eigenvalue weighted by Gasteiger charge is -2.28. The molecule has 2 aromatic rings. The predicted octanol–water partition coefficient (Wildman–Crippen LogP) is 2.03. The largest absolute Gasteiger partial charge is 0.330 e. The number of hydrogen-bond donors (Lipinski definition) is 1. The Morgan fingerprint density at radius 2 is 1.60 bits per heavy atom. The number of nitrogens with two attached hydrogens (primary N) is 1. The fourth-order valence-corrected chi connectivity index (χ4v) is 2.63. The van der Waals surface area contributed by atoms with Crippen molar-refractivity contribution in [2.75, 3.05) is 13.1 Å². The van der Waals surface area contributed by atoms with E-state index in [0.29, 0.717) is 24.2 Å². The van der Waals surface area contributed by atoms with E-state index in [1.54, 1.807) is 12.1 Å². The third-order valence-electron chi connectivity index (χ3n) is 3.75. The third kappa shape index (κ3) is 1.80. The molecule has 0 spiro atoms. The summed E-state index contributed by atoms with van der Waals surface area (Å²) in [5, 5.41) is 1.69. The quantitative estimate of drug-likeness (QED) is 0.866. The number of benzene rings is 2. The monoisotopic (exact) mass is 268 g/mol. The molecule has 0 aliphatic carbocycles. The molecule has 4 nitrogen and oxygen atoms in total. The minimum Gasteiger partial charge on any atom is -0.330 e. The van der Waals surface area contributed by atoms with E-state index in [0.717, 1.165) is 10.8 Å². The van der Waals surface area contributed by atoms with Gasteiger partial charge in [-0.2, -0.15) is 0 Å². The van der Waals surface area contributed by atoms with Crippen LogP contribution in [0.3, 0.4) is 0 Å². The van der Waals surface area contributed by atoms with E-state index < -0.39 is 0 Å². The first-order chi connectivity index (χ1) is 9.63. The molecule has 1 unspecified atom stereocenters. The molecule has 1 aliphatic rings. The van der Waals surface area contributed by atoms with Gasteiger partial charge in [0.05, 0.1) is 0 Å². The molecular formula is C16H16N2O2. The Bertz CT molecular complexity index is 658. The smallest absolute Gasteiger partial charge is 0.261 e. The second kappa shape index (κ2) is 4.72. The zero-order valence-electron chi connectivity index (χ0n) is 11.3. The number of nitrogens with zero attached hydrogens (tertiary/aromatic N) is 1. The van der Waals surface area contributed by atoms with Crippen molar-refractivity contribution in [3.8, 4) is 0 Å². The van der Waals surface area contributed by atoms with Crippen molar-refractivity contribution < 1.29 is 9.59 Å². The second-order valence-electron chi connectivity index (χ2n) is 5.27. The lowest BCUT2D eigenvalue weighted by molar-refractivity contribution is 0.0590. The van der Waals surface area contributed by atoms with Gasteiger partial charge in [0.25, 0.3) is 11.8 Å². The van der Waals surface area contributed by atoms with Gasteiger partial charge in [0.15, 0.2) is 0 Å². The van der Waals surface area contributed by atoms with Crippen molar-refractivity contribution in [3.05, 3.63) is 47.5 Å². The summed E-state index contributed by atoms with van der Waals surface area (Å²) in [6, 6.07) is 11.1. The van der Waals surface area contributed by atoms with Crippen LogP contribution in [0.25, 0.3) is 10.8 Å². The highest BCUT2D eigenvalue weighted by Crippen LogP contribution is 2.30. The number of hydrogen-bond acceptors (Lipinski definition) is 3. The molecule has 0 fully saturated rings. The summed E-state index contributed by atoms with van der Waals surface area (Å²) in [5.74, 6) is -0.355. The van der Waals surface area contributed by atoms with Crippen LogP contribution in [-0.2, 0) is 0 Å². The molecule has 2 aromatic carbocycles. The minimum absolute atomic E-state index is 0.0902. The zero-order chi connectivity index (χ0) is 14.3. The molecule has 1 heterocycles. The third-order valence-corrected chi connectivity index (χ3v) is 3.75. The molecule has 2 N–H and O–H groups in total. The molecule has 0 bridgehead atoms. The van der Waals surface area contributed by atoms with Crippen molar-refractivity contribution in [2.24, 2.45) is 11.7 Å². The first-order valence-electron chi connectivity index (χ1n) is 6.71. The Morgan fingerprint density at radius 3 is 2.10 bits per heavy atom. The summed E-state index contributed by atoms with van der Waals surface area (Å²) < 4.78 is 0. The van der Waals surface area contributed by atoms with Gasteiger partial charge >= 0.3 is 0 Å². The summed E-state index contributed by atoms with van der Waals surface area (Å²) in [6.07, 6.45) is 0. The van der Waals surface area contributed by atoms with Crippen molar-refractivity contribution in [1.82, 2.24) is 4.90 Å². The summed E-state index contributed by atoms with van der Waals surface area (Å²) in [4.78, 5) is 26.4. The lowest BCUT2D eigenvalue weighted by Crippen LogP contribution is -2.43. The van der Waals surface area contributed by atoms with Gasteiger partial charge in [-0.15, -0.1) is 0 Å². The average Bonchev–Trinajstić information content (AvgIpc) is 2.48. The maximum Gasteiger partial charge on any atom is 0.261 e. The first kappa shape index (κ1) is 12.8. The maximum absolute atomic E-state index is 12.5. The van der Waals surface area contributed by atoms with E-state index >= 15 is 0 Å². The molecule has 0 saturated heterocycles. The molecule has 102 valence electrons. The predicted molar refractivity (Wildman–Crippen MR) is 77.5 cm³/mol. The highest BCUT2D eigenvalue weighted by molar-refractivity contribution is 6.25. The number of amides is 2. The Labute approximate surface area is 117 Å². The summed E-state index contributed by atoms with van der Waals surface area (Å²) >= 11 is 0. The maximum atomic E-state index is 12.5. The van der Waals surface area contributed by atoms with E-state index in [4.69, 9.17) is 5.73 Å². The van der Waals surface area contributed by atoms with Gasteiger partial charge in [-0.05, 0) is 30.0 Å². The van der Waals surface area contributed by atoms with Crippen molar-refractivity contribution in [3.63, 3.8) is 0 Å². The first-order valence-corrected chi connectivity index (χ1v) is 6.71. The van der Waals surface area contributed by atoms with Crippen LogP contribution in [0.15, 0.2) is 36.4 Å². The molecule has 20 heavy (non-hydrogen) atoms. The molecule has 0 radical (unpaired) electrons. The van der Waals surface area contributed by atoms with Crippen LogP contribution in [0, 0.1) is 5.92 Å². The van der Waals surface area contributed by atoms with Gasteiger partial charge in [0, 0.05) is 23.1 Å². The number of carbonyl (C=O) groups is 2. The van der Waals surface area contributed by atoms with Gasteiger partial charge < -0.3 is 5.73 Å². The number of rotatable bonds is 3. The second-order valence-corrected chi connectivity index (χ2v) is 5.27. The molecule has 0 saturated carbocycles. The van der Waals surface area contributed by atoms with E-state index in [9.17, 15) is 9.59 Å². The average molecular weight is 268 g/mol. The fourth-order valence-electron chi connectivity index (χ4n) is 2.63. The molecule has 1 aliphatic heterocycles. The van der Waals surface area contributed by atoms with Crippen LogP contribution >= 0.6 is 0 Å². The molecule has 4 heteroatoms. The van der Waals surface area contributed by atoms with Gasteiger partial charge in [0.1, 0.15) is 0 Å². The van der Waals surface area contributed by atoms with Gasteiger partial charge in [0.2, 0.25) is 0 Å². The standard InChI is InChI=1S/C16H16N2O2/c1-10(8-17)9-18-15(19)12-6-2-4-11-5-3-7-13(14(11)12)16(18)20/h2-7,10H,8-9,17H2,1H3. The minimum atomic E-state index is -0.223.